The Balaban J connectivity index is 2.64. The first-order chi connectivity index (χ1) is 6.77. The van der Waals surface area contributed by atoms with Crippen LogP contribution in [0.5, 0.6) is 0 Å². The van der Waals surface area contributed by atoms with E-state index in [-0.39, 0.29) is 6.61 Å². The quantitative estimate of drug-likeness (QED) is 0.761. The van der Waals surface area contributed by atoms with Crippen LogP contribution in [-0.4, -0.2) is 34.8 Å². The van der Waals surface area contributed by atoms with Gasteiger partial charge in [-0.05, 0) is 25.8 Å². The number of anilines is 1. The van der Waals surface area contributed by atoms with Gasteiger partial charge in [0, 0.05) is 32.1 Å². The summed E-state index contributed by atoms with van der Waals surface area (Å²) in [5, 5.41) is 8.73. The molecule has 1 N–H and O–H groups in total. The molecule has 0 unspecified atom stereocenters. The number of hydrogen-bond acceptors (Lipinski definition) is 4. The van der Waals surface area contributed by atoms with Crippen LogP contribution < -0.4 is 4.90 Å². The van der Waals surface area contributed by atoms with Gasteiger partial charge in [0.2, 0.25) is 5.95 Å². The lowest BCUT2D eigenvalue weighted by molar-refractivity contribution is 0.289. The van der Waals surface area contributed by atoms with E-state index >= 15 is 0 Å². The third-order valence-corrected chi connectivity index (χ3v) is 2.02. The molecule has 1 aromatic heterocycles. The van der Waals surface area contributed by atoms with E-state index in [9.17, 15) is 0 Å². The van der Waals surface area contributed by atoms with E-state index in [1.165, 1.54) is 0 Å². The van der Waals surface area contributed by atoms with Crippen molar-refractivity contribution in [1.82, 2.24) is 9.97 Å². The average molecular weight is 195 g/mol. The number of hydrogen-bond donors (Lipinski definition) is 1. The molecule has 4 heteroatoms. The number of aromatic nitrogens is 2. The number of aliphatic hydroxyl groups is 1. The fraction of sp³-hybridized carbons (Fsp3) is 0.600. The molecule has 0 atom stereocenters. The van der Waals surface area contributed by atoms with Crippen molar-refractivity contribution in [3.8, 4) is 0 Å². The fourth-order valence-electron chi connectivity index (χ4n) is 1.21. The van der Waals surface area contributed by atoms with Crippen LogP contribution in [0.4, 0.5) is 5.95 Å². The van der Waals surface area contributed by atoms with Gasteiger partial charge in [0.1, 0.15) is 0 Å². The van der Waals surface area contributed by atoms with Gasteiger partial charge in [-0.3, -0.25) is 0 Å². The SMILES string of the molecule is CCN(CCCO)c1ncc(C)cn1. The van der Waals surface area contributed by atoms with Gasteiger partial charge < -0.3 is 10.0 Å². The molecule has 4 nitrogen and oxygen atoms in total. The molecular formula is C10H17N3O. The molecule has 0 saturated heterocycles. The van der Waals surface area contributed by atoms with Crippen LogP contribution in [0, 0.1) is 6.92 Å². The Kier molecular flexibility index (Phi) is 4.32. The van der Waals surface area contributed by atoms with Gasteiger partial charge in [-0.15, -0.1) is 0 Å². The molecule has 0 fully saturated rings. The average Bonchev–Trinajstić information content (AvgIpc) is 2.21. The van der Waals surface area contributed by atoms with Crippen molar-refractivity contribution >= 4 is 5.95 Å². The zero-order chi connectivity index (χ0) is 10.4. The molecule has 0 aromatic carbocycles. The van der Waals surface area contributed by atoms with Crippen molar-refractivity contribution in [1.29, 1.82) is 0 Å². The summed E-state index contributed by atoms with van der Waals surface area (Å²) in [5.41, 5.74) is 1.06. The molecule has 0 saturated carbocycles. The van der Waals surface area contributed by atoms with Crippen LogP contribution in [0.2, 0.25) is 0 Å². The highest BCUT2D eigenvalue weighted by molar-refractivity contribution is 5.28. The summed E-state index contributed by atoms with van der Waals surface area (Å²) in [6.45, 7) is 5.90. The maximum atomic E-state index is 8.73. The first kappa shape index (κ1) is 10.9. The third-order valence-electron chi connectivity index (χ3n) is 2.02. The Morgan fingerprint density at radius 1 is 1.36 bits per heavy atom. The van der Waals surface area contributed by atoms with E-state index in [2.05, 4.69) is 21.8 Å². The zero-order valence-electron chi connectivity index (χ0n) is 8.77. The highest BCUT2D eigenvalue weighted by Gasteiger charge is 2.05. The molecule has 1 rings (SSSR count). The molecule has 1 aromatic rings. The molecule has 0 bridgehead atoms. The van der Waals surface area contributed by atoms with Gasteiger partial charge in [-0.25, -0.2) is 9.97 Å². The summed E-state index contributed by atoms with van der Waals surface area (Å²) in [6, 6.07) is 0. The van der Waals surface area contributed by atoms with E-state index in [1.54, 1.807) is 0 Å². The maximum absolute atomic E-state index is 8.73. The van der Waals surface area contributed by atoms with Gasteiger partial charge in [0.15, 0.2) is 0 Å². The molecule has 0 aliphatic carbocycles. The molecule has 0 spiro atoms. The Morgan fingerprint density at radius 2 is 2.00 bits per heavy atom. The second-order valence-corrected chi connectivity index (χ2v) is 3.22. The van der Waals surface area contributed by atoms with Crippen LogP contribution in [0.15, 0.2) is 12.4 Å². The largest absolute Gasteiger partial charge is 0.396 e. The smallest absolute Gasteiger partial charge is 0.225 e. The van der Waals surface area contributed by atoms with Crippen molar-refractivity contribution in [2.75, 3.05) is 24.6 Å². The van der Waals surface area contributed by atoms with Crippen LogP contribution >= 0.6 is 0 Å². The molecule has 14 heavy (non-hydrogen) atoms. The summed E-state index contributed by atoms with van der Waals surface area (Å²) in [5.74, 6) is 0.742. The Bertz CT molecular complexity index is 261. The van der Waals surface area contributed by atoms with Gasteiger partial charge >= 0.3 is 0 Å². The molecule has 78 valence electrons. The Labute approximate surface area is 84.6 Å². The first-order valence-corrected chi connectivity index (χ1v) is 4.92. The minimum Gasteiger partial charge on any atom is -0.396 e. The van der Waals surface area contributed by atoms with Crippen molar-refractivity contribution in [3.05, 3.63) is 18.0 Å². The van der Waals surface area contributed by atoms with Crippen molar-refractivity contribution in [2.24, 2.45) is 0 Å². The molecule has 0 amide bonds. The van der Waals surface area contributed by atoms with Gasteiger partial charge in [0.25, 0.3) is 0 Å². The Hall–Kier alpha value is -1.16. The monoisotopic (exact) mass is 195 g/mol. The van der Waals surface area contributed by atoms with Crippen LogP contribution in [0.3, 0.4) is 0 Å². The summed E-state index contributed by atoms with van der Waals surface area (Å²) in [6.07, 6.45) is 4.37. The topological polar surface area (TPSA) is 49.2 Å². The highest BCUT2D eigenvalue weighted by atomic mass is 16.3. The lowest BCUT2D eigenvalue weighted by Gasteiger charge is -2.19. The van der Waals surface area contributed by atoms with E-state index in [0.717, 1.165) is 31.0 Å². The van der Waals surface area contributed by atoms with Gasteiger partial charge in [-0.2, -0.15) is 0 Å². The van der Waals surface area contributed by atoms with Gasteiger partial charge in [-0.1, -0.05) is 0 Å². The lowest BCUT2D eigenvalue weighted by atomic mass is 10.4. The van der Waals surface area contributed by atoms with E-state index < -0.39 is 0 Å². The summed E-state index contributed by atoms with van der Waals surface area (Å²) >= 11 is 0. The minimum atomic E-state index is 0.211. The molecule has 1 heterocycles. The molecule has 0 aliphatic rings. The third kappa shape index (κ3) is 2.96. The van der Waals surface area contributed by atoms with Crippen LogP contribution in [-0.2, 0) is 0 Å². The van der Waals surface area contributed by atoms with E-state index in [0.29, 0.717) is 0 Å². The molecule has 0 aliphatic heterocycles. The Morgan fingerprint density at radius 3 is 2.50 bits per heavy atom. The van der Waals surface area contributed by atoms with E-state index in [4.69, 9.17) is 5.11 Å². The number of nitrogens with zero attached hydrogens (tertiary/aromatic N) is 3. The van der Waals surface area contributed by atoms with E-state index in [1.807, 2.05) is 19.3 Å². The van der Waals surface area contributed by atoms with Crippen molar-refractivity contribution < 1.29 is 5.11 Å². The summed E-state index contributed by atoms with van der Waals surface area (Å²) in [4.78, 5) is 10.5. The molecular weight excluding hydrogens is 178 g/mol. The molecule has 0 radical (unpaired) electrons. The highest BCUT2D eigenvalue weighted by Crippen LogP contribution is 2.06. The lowest BCUT2D eigenvalue weighted by Crippen LogP contribution is -2.26. The van der Waals surface area contributed by atoms with Crippen LogP contribution in [0.25, 0.3) is 0 Å². The second kappa shape index (κ2) is 5.54. The fourth-order valence-corrected chi connectivity index (χ4v) is 1.21. The predicted octanol–water partition coefficient (Wildman–Crippen LogP) is 0.994. The normalized spacial score (nSPS) is 10.2. The summed E-state index contributed by atoms with van der Waals surface area (Å²) in [7, 11) is 0. The maximum Gasteiger partial charge on any atom is 0.225 e. The van der Waals surface area contributed by atoms with Crippen LogP contribution in [0.1, 0.15) is 18.9 Å². The second-order valence-electron chi connectivity index (χ2n) is 3.22. The first-order valence-electron chi connectivity index (χ1n) is 4.92. The predicted molar refractivity (Wildman–Crippen MR) is 56.4 cm³/mol. The van der Waals surface area contributed by atoms with Crippen molar-refractivity contribution in [2.45, 2.75) is 20.3 Å². The summed E-state index contributed by atoms with van der Waals surface area (Å²) < 4.78 is 0. The van der Waals surface area contributed by atoms with Gasteiger partial charge in [0.05, 0.1) is 0 Å². The minimum absolute atomic E-state index is 0.211. The standard InChI is InChI=1S/C10H17N3O/c1-3-13(5-4-6-14)10-11-7-9(2)8-12-10/h7-8,14H,3-6H2,1-2H3. The number of rotatable bonds is 5. The number of aryl methyl sites for hydroxylation is 1. The zero-order valence-corrected chi connectivity index (χ0v) is 8.77. The number of aliphatic hydroxyl groups excluding tert-OH is 1. The van der Waals surface area contributed by atoms with Crippen molar-refractivity contribution in [3.63, 3.8) is 0 Å².